The molecule has 0 aromatic heterocycles. The third-order valence-electron chi connectivity index (χ3n) is 0.697. The molecule has 0 radical (unpaired) electrons. The molecule has 0 aliphatic heterocycles. The molecule has 2 nitrogen and oxygen atoms in total. The molecule has 0 unspecified atom stereocenters. The Morgan fingerprint density at radius 1 is 1.00 bits per heavy atom. The Morgan fingerprint density at radius 3 is 1.62 bits per heavy atom. The van der Waals surface area contributed by atoms with Crippen molar-refractivity contribution in [2.24, 2.45) is 0 Å². The van der Waals surface area contributed by atoms with Crippen molar-refractivity contribution in [3.05, 3.63) is 0 Å². The summed E-state index contributed by atoms with van der Waals surface area (Å²) in [5, 5.41) is 0. The van der Waals surface area contributed by atoms with Gasteiger partial charge in [0.2, 0.25) is 0 Å². The van der Waals surface area contributed by atoms with E-state index in [1.165, 1.54) is 0 Å². The van der Waals surface area contributed by atoms with E-state index >= 15 is 0 Å². The van der Waals surface area contributed by atoms with Gasteiger partial charge in [-0.15, -0.1) is 0 Å². The summed E-state index contributed by atoms with van der Waals surface area (Å²) in [6.45, 7) is 6.09. The van der Waals surface area contributed by atoms with E-state index in [0.29, 0.717) is 0 Å². The molecule has 0 amide bonds. The Kier molecular flexibility index (Phi) is 13.6. The van der Waals surface area contributed by atoms with Crippen LogP contribution in [0.25, 0.3) is 0 Å². The second kappa shape index (κ2) is 10.0. The molecule has 0 heterocycles. The average Bonchev–Trinajstić information content (AvgIpc) is 1.69. The number of hydrogen-bond acceptors (Lipinski definition) is 2. The first-order valence-electron chi connectivity index (χ1n) is 2.99. The maximum atomic E-state index is 5.13. The topological polar surface area (TPSA) is 44.2 Å². The van der Waals surface area contributed by atoms with Crippen LogP contribution in [0.15, 0.2) is 0 Å². The van der Waals surface area contributed by atoms with Crippen LogP contribution in [-0.2, 0) is 4.74 Å². The Labute approximate surface area is 51.8 Å². The van der Waals surface area contributed by atoms with E-state index in [4.69, 9.17) is 4.74 Å². The van der Waals surface area contributed by atoms with Gasteiger partial charge in [-0.05, 0) is 12.8 Å². The van der Waals surface area contributed by atoms with Crippen LogP contribution in [0.5, 0.6) is 0 Å². The van der Waals surface area contributed by atoms with Gasteiger partial charge in [0.25, 0.3) is 0 Å². The lowest BCUT2D eigenvalue weighted by Gasteiger charge is -1.95. The molecule has 0 aliphatic rings. The molecule has 2 heteroatoms. The summed E-state index contributed by atoms with van der Waals surface area (Å²) in [7, 11) is 0. The summed E-state index contributed by atoms with van der Waals surface area (Å²) >= 11 is 0. The van der Waals surface area contributed by atoms with Gasteiger partial charge < -0.3 is 10.9 Å². The summed E-state index contributed by atoms with van der Waals surface area (Å²) in [4.78, 5) is 0. The highest BCUT2D eigenvalue weighted by molar-refractivity contribution is 4.25. The lowest BCUT2D eigenvalue weighted by atomic mass is 10.5. The lowest BCUT2D eigenvalue weighted by molar-refractivity contribution is 0.135. The Hall–Kier alpha value is -0.0800. The van der Waals surface area contributed by atoms with E-state index in [1.807, 2.05) is 0 Å². The molecule has 0 spiro atoms. The van der Waals surface area contributed by atoms with E-state index < -0.39 is 0 Å². The normalized spacial score (nSPS) is 8.25. The second-order valence-corrected chi connectivity index (χ2v) is 1.61. The van der Waals surface area contributed by atoms with Gasteiger partial charge in [-0.25, -0.2) is 0 Å². The van der Waals surface area contributed by atoms with Crippen molar-refractivity contribution in [1.82, 2.24) is 6.15 Å². The lowest BCUT2D eigenvalue weighted by Crippen LogP contribution is -1.92. The van der Waals surface area contributed by atoms with Crippen molar-refractivity contribution in [2.45, 2.75) is 26.7 Å². The fraction of sp³-hybridized carbons (Fsp3) is 1.00. The third kappa shape index (κ3) is 9.33. The molecule has 0 aliphatic carbocycles. The highest BCUT2D eigenvalue weighted by atomic mass is 16.5. The molecule has 0 fully saturated rings. The van der Waals surface area contributed by atoms with E-state index in [1.54, 1.807) is 0 Å². The van der Waals surface area contributed by atoms with E-state index in [9.17, 15) is 0 Å². The highest BCUT2D eigenvalue weighted by Crippen LogP contribution is 1.81. The Bertz CT molecular complexity index is 27.7. The molecule has 0 bridgehead atoms. The maximum absolute atomic E-state index is 5.13. The van der Waals surface area contributed by atoms with Crippen molar-refractivity contribution in [3.63, 3.8) is 0 Å². The quantitative estimate of drug-likeness (QED) is 0.575. The first-order valence-corrected chi connectivity index (χ1v) is 2.99. The molecule has 3 N–H and O–H groups in total. The fourth-order valence-electron chi connectivity index (χ4n) is 0.391. The summed E-state index contributed by atoms with van der Waals surface area (Å²) < 4.78 is 5.13. The van der Waals surface area contributed by atoms with Gasteiger partial charge in [-0.1, -0.05) is 13.8 Å². The molecule has 52 valence electrons. The van der Waals surface area contributed by atoms with Gasteiger partial charge in [0.1, 0.15) is 0 Å². The zero-order valence-electron chi connectivity index (χ0n) is 5.94. The van der Waals surface area contributed by atoms with Gasteiger partial charge in [0.05, 0.1) is 0 Å². The largest absolute Gasteiger partial charge is 0.381 e. The fourth-order valence-corrected chi connectivity index (χ4v) is 0.391. The van der Waals surface area contributed by atoms with Gasteiger partial charge in [-0.2, -0.15) is 0 Å². The van der Waals surface area contributed by atoms with Crippen LogP contribution in [-0.4, -0.2) is 13.2 Å². The van der Waals surface area contributed by atoms with Crippen LogP contribution in [0.3, 0.4) is 0 Å². The van der Waals surface area contributed by atoms with Crippen molar-refractivity contribution in [3.8, 4) is 0 Å². The van der Waals surface area contributed by atoms with Crippen LogP contribution in [0, 0.1) is 0 Å². The molecular formula is C6H17NO. The molecule has 0 saturated heterocycles. The van der Waals surface area contributed by atoms with Crippen LogP contribution >= 0.6 is 0 Å². The maximum Gasteiger partial charge on any atom is 0.0463 e. The van der Waals surface area contributed by atoms with E-state index in [-0.39, 0.29) is 6.15 Å². The highest BCUT2D eigenvalue weighted by Gasteiger charge is 1.77. The first kappa shape index (κ1) is 10.8. The number of ether oxygens (including phenoxy) is 1. The Balaban J connectivity index is 0. The van der Waals surface area contributed by atoms with Crippen LogP contribution < -0.4 is 6.15 Å². The average molecular weight is 119 g/mol. The summed E-state index contributed by atoms with van der Waals surface area (Å²) in [6, 6.07) is 0. The monoisotopic (exact) mass is 119 g/mol. The van der Waals surface area contributed by atoms with Crippen LogP contribution in [0.4, 0.5) is 0 Å². The zero-order chi connectivity index (χ0) is 5.54. The van der Waals surface area contributed by atoms with Crippen LogP contribution in [0.1, 0.15) is 26.7 Å². The Morgan fingerprint density at radius 2 is 1.38 bits per heavy atom. The summed E-state index contributed by atoms with van der Waals surface area (Å²) in [5.74, 6) is 0. The predicted octanol–water partition coefficient (Wildman–Crippen LogP) is 1.98. The minimum Gasteiger partial charge on any atom is -0.381 e. The molecule has 0 aromatic carbocycles. The number of rotatable bonds is 4. The third-order valence-corrected chi connectivity index (χ3v) is 0.697. The standard InChI is InChI=1S/C6H14O.H3N/c1-3-5-7-6-4-2;/h3-6H2,1-2H3;1H3. The van der Waals surface area contributed by atoms with Gasteiger partial charge >= 0.3 is 0 Å². The van der Waals surface area contributed by atoms with Gasteiger partial charge in [0.15, 0.2) is 0 Å². The van der Waals surface area contributed by atoms with E-state index in [0.717, 1.165) is 26.1 Å². The van der Waals surface area contributed by atoms with Gasteiger partial charge in [-0.3, -0.25) is 0 Å². The van der Waals surface area contributed by atoms with Crippen molar-refractivity contribution in [1.29, 1.82) is 0 Å². The smallest absolute Gasteiger partial charge is 0.0463 e. The zero-order valence-corrected chi connectivity index (χ0v) is 5.94. The minimum atomic E-state index is 0. The van der Waals surface area contributed by atoms with E-state index in [2.05, 4.69) is 13.8 Å². The minimum absolute atomic E-state index is 0. The SMILES string of the molecule is CCCOCCC.N. The molecule has 0 rings (SSSR count). The van der Waals surface area contributed by atoms with Gasteiger partial charge in [0, 0.05) is 13.2 Å². The van der Waals surface area contributed by atoms with Crippen molar-refractivity contribution < 1.29 is 4.74 Å². The molecular weight excluding hydrogens is 102 g/mol. The molecule has 0 atom stereocenters. The van der Waals surface area contributed by atoms with Crippen molar-refractivity contribution >= 4 is 0 Å². The molecule has 8 heavy (non-hydrogen) atoms. The molecule has 0 saturated carbocycles. The summed E-state index contributed by atoms with van der Waals surface area (Å²) in [5.41, 5.74) is 0. The first-order chi connectivity index (χ1) is 3.41. The molecule has 0 aromatic rings. The number of hydrogen-bond donors (Lipinski definition) is 1. The summed E-state index contributed by atoms with van der Waals surface area (Å²) in [6.07, 6.45) is 2.28. The second-order valence-electron chi connectivity index (χ2n) is 1.61. The predicted molar refractivity (Wildman–Crippen MR) is 36.4 cm³/mol. The van der Waals surface area contributed by atoms with Crippen molar-refractivity contribution in [2.75, 3.05) is 13.2 Å². The van der Waals surface area contributed by atoms with Crippen LogP contribution in [0.2, 0.25) is 0 Å².